The lowest BCUT2D eigenvalue weighted by molar-refractivity contribution is -0.107. The van der Waals surface area contributed by atoms with Gasteiger partial charge in [0.05, 0.1) is 12.3 Å². The molecule has 1 aromatic rings. The van der Waals surface area contributed by atoms with E-state index >= 15 is 0 Å². The van der Waals surface area contributed by atoms with Gasteiger partial charge < -0.3 is 20.0 Å². The Labute approximate surface area is 106 Å². The molecule has 0 amide bonds. The number of rotatable bonds is 6. The first-order valence-corrected chi connectivity index (χ1v) is 5.62. The minimum absolute atomic E-state index is 0.229. The van der Waals surface area contributed by atoms with Crippen LogP contribution in [0.1, 0.15) is 11.1 Å². The summed E-state index contributed by atoms with van der Waals surface area (Å²) in [6.45, 7) is 2.65. The summed E-state index contributed by atoms with van der Waals surface area (Å²) in [5.41, 5.74) is 7.86. The fourth-order valence-electron chi connectivity index (χ4n) is 1.44. The first kappa shape index (κ1) is 13.8. The number of hydrogen-bond donors (Lipinski definition) is 1. The summed E-state index contributed by atoms with van der Waals surface area (Å²) in [7, 11) is 1.59. The minimum Gasteiger partial charge on any atom is -0.489 e. The fourth-order valence-corrected chi connectivity index (χ4v) is 1.67. The molecule has 5 heteroatoms. The second-order valence-corrected chi connectivity index (χ2v) is 4.00. The standard InChI is InChI=1S/C12H16ClNO3/c1-8-10(13)7-9(3-4-15)12(11(8)14)17-6-5-16-2/h4,7H,3,5-6,14H2,1-2H3. The molecule has 0 spiro atoms. The summed E-state index contributed by atoms with van der Waals surface area (Å²) >= 11 is 6.01. The maximum absolute atomic E-state index is 10.6. The molecule has 0 atom stereocenters. The average Bonchev–Trinajstić information content (AvgIpc) is 2.31. The second-order valence-electron chi connectivity index (χ2n) is 3.60. The van der Waals surface area contributed by atoms with E-state index in [1.54, 1.807) is 13.2 Å². The molecule has 1 rings (SSSR count). The number of aldehydes is 1. The zero-order valence-corrected chi connectivity index (χ0v) is 10.7. The highest BCUT2D eigenvalue weighted by Crippen LogP contribution is 2.34. The van der Waals surface area contributed by atoms with Gasteiger partial charge in [-0.05, 0) is 18.6 Å². The maximum Gasteiger partial charge on any atom is 0.146 e. The van der Waals surface area contributed by atoms with Crippen molar-refractivity contribution >= 4 is 23.6 Å². The molecule has 0 aliphatic carbocycles. The Balaban J connectivity index is 3.05. The highest BCUT2D eigenvalue weighted by Gasteiger charge is 2.13. The monoisotopic (exact) mass is 257 g/mol. The molecule has 1 aromatic carbocycles. The van der Waals surface area contributed by atoms with Gasteiger partial charge in [0, 0.05) is 24.1 Å². The summed E-state index contributed by atoms with van der Waals surface area (Å²) in [6.07, 6.45) is 1.02. The topological polar surface area (TPSA) is 61.5 Å². The van der Waals surface area contributed by atoms with Crippen LogP contribution in [0.4, 0.5) is 5.69 Å². The van der Waals surface area contributed by atoms with E-state index in [4.69, 9.17) is 26.8 Å². The van der Waals surface area contributed by atoms with Gasteiger partial charge >= 0.3 is 0 Å². The van der Waals surface area contributed by atoms with E-state index in [2.05, 4.69) is 0 Å². The SMILES string of the molecule is COCCOc1c(CC=O)cc(Cl)c(C)c1N. The van der Waals surface area contributed by atoms with E-state index < -0.39 is 0 Å². The predicted octanol–water partition coefficient (Wildman–Crippen LogP) is 2.00. The molecule has 0 aliphatic rings. The van der Waals surface area contributed by atoms with Gasteiger partial charge in [-0.15, -0.1) is 0 Å². The number of hydrogen-bond acceptors (Lipinski definition) is 4. The highest BCUT2D eigenvalue weighted by atomic mass is 35.5. The fraction of sp³-hybridized carbons (Fsp3) is 0.417. The number of methoxy groups -OCH3 is 1. The van der Waals surface area contributed by atoms with E-state index in [1.165, 1.54) is 0 Å². The van der Waals surface area contributed by atoms with Gasteiger partial charge in [-0.25, -0.2) is 0 Å². The molecule has 0 bridgehead atoms. The van der Waals surface area contributed by atoms with Crippen LogP contribution in [0.15, 0.2) is 6.07 Å². The number of halogens is 1. The number of carbonyl (C=O) groups excluding carboxylic acids is 1. The second kappa shape index (κ2) is 6.47. The number of nitrogens with two attached hydrogens (primary N) is 1. The van der Waals surface area contributed by atoms with Crippen LogP contribution in [0.3, 0.4) is 0 Å². The Kier molecular flexibility index (Phi) is 5.25. The van der Waals surface area contributed by atoms with Gasteiger partial charge in [0.25, 0.3) is 0 Å². The molecular formula is C12H16ClNO3. The third kappa shape index (κ3) is 3.35. The molecule has 0 saturated heterocycles. The summed E-state index contributed by atoms with van der Waals surface area (Å²) in [5.74, 6) is 0.524. The van der Waals surface area contributed by atoms with Gasteiger partial charge in [0.2, 0.25) is 0 Å². The Morgan fingerprint density at radius 1 is 1.47 bits per heavy atom. The lowest BCUT2D eigenvalue weighted by Gasteiger charge is -2.15. The summed E-state index contributed by atoms with van der Waals surface area (Å²) in [4.78, 5) is 10.6. The van der Waals surface area contributed by atoms with Crippen molar-refractivity contribution in [1.29, 1.82) is 0 Å². The van der Waals surface area contributed by atoms with Crippen molar-refractivity contribution in [1.82, 2.24) is 0 Å². The summed E-state index contributed by atoms with van der Waals surface area (Å²) < 4.78 is 10.4. The molecule has 94 valence electrons. The number of nitrogen functional groups attached to an aromatic ring is 1. The Morgan fingerprint density at radius 3 is 2.76 bits per heavy atom. The molecule has 0 fully saturated rings. The van der Waals surface area contributed by atoms with Crippen LogP contribution in [0, 0.1) is 6.92 Å². The highest BCUT2D eigenvalue weighted by molar-refractivity contribution is 6.32. The van der Waals surface area contributed by atoms with Gasteiger partial charge in [-0.2, -0.15) is 0 Å². The van der Waals surface area contributed by atoms with Crippen LogP contribution in [0.5, 0.6) is 5.75 Å². The predicted molar refractivity (Wildman–Crippen MR) is 67.7 cm³/mol. The summed E-state index contributed by atoms with van der Waals surface area (Å²) in [5, 5.41) is 0.540. The number of carbonyl (C=O) groups is 1. The molecule has 0 unspecified atom stereocenters. The van der Waals surface area contributed by atoms with Crippen LogP contribution >= 0.6 is 11.6 Å². The number of anilines is 1. The van der Waals surface area contributed by atoms with Gasteiger partial charge in [0.15, 0.2) is 0 Å². The largest absolute Gasteiger partial charge is 0.489 e. The molecule has 17 heavy (non-hydrogen) atoms. The van der Waals surface area contributed by atoms with E-state index in [0.29, 0.717) is 35.2 Å². The first-order chi connectivity index (χ1) is 8.11. The molecule has 0 aromatic heterocycles. The maximum atomic E-state index is 10.6. The van der Waals surface area contributed by atoms with Crippen molar-refractivity contribution in [2.45, 2.75) is 13.3 Å². The molecule has 0 radical (unpaired) electrons. The normalized spacial score (nSPS) is 10.3. The van der Waals surface area contributed by atoms with E-state index in [-0.39, 0.29) is 6.42 Å². The average molecular weight is 258 g/mol. The van der Waals surface area contributed by atoms with Crippen molar-refractivity contribution < 1.29 is 14.3 Å². The Morgan fingerprint density at radius 2 is 2.18 bits per heavy atom. The number of ether oxygens (including phenoxy) is 2. The van der Waals surface area contributed by atoms with Crippen LogP contribution in [0.25, 0.3) is 0 Å². The van der Waals surface area contributed by atoms with E-state index in [1.807, 2.05) is 6.92 Å². The van der Waals surface area contributed by atoms with Crippen molar-refractivity contribution in [2.24, 2.45) is 0 Å². The molecule has 0 aliphatic heterocycles. The molecular weight excluding hydrogens is 242 g/mol. The van der Waals surface area contributed by atoms with Gasteiger partial charge in [-0.3, -0.25) is 0 Å². The molecule has 0 saturated carbocycles. The Hall–Kier alpha value is -1.26. The third-order valence-corrected chi connectivity index (χ3v) is 2.83. The van der Waals surface area contributed by atoms with Crippen molar-refractivity contribution in [3.63, 3.8) is 0 Å². The number of benzene rings is 1. The van der Waals surface area contributed by atoms with Crippen LogP contribution in [0.2, 0.25) is 5.02 Å². The van der Waals surface area contributed by atoms with E-state index in [9.17, 15) is 4.79 Å². The van der Waals surface area contributed by atoms with Crippen LogP contribution < -0.4 is 10.5 Å². The zero-order chi connectivity index (χ0) is 12.8. The quantitative estimate of drug-likeness (QED) is 0.481. The summed E-state index contributed by atoms with van der Waals surface area (Å²) in [6, 6.07) is 1.71. The minimum atomic E-state index is 0.229. The van der Waals surface area contributed by atoms with Crippen LogP contribution in [-0.2, 0) is 16.0 Å². The molecule has 4 nitrogen and oxygen atoms in total. The molecule has 0 heterocycles. The third-order valence-electron chi connectivity index (χ3n) is 2.44. The van der Waals surface area contributed by atoms with Crippen molar-refractivity contribution in [3.05, 3.63) is 22.2 Å². The lowest BCUT2D eigenvalue weighted by Crippen LogP contribution is -2.09. The smallest absolute Gasteiger partial charge is 0.146 e. The van der Waals surface area contributed by atoms with Crippen LogP contribution in [-0.4, -0.2) is 26.6 Å². The first-order valence-electron chi connectivity index (χ1n) is 5.24. The van der Waals surface area contributed by atoms with Crippen molar-refractivity contribution in [2.75, 3.05) is 26.1 Å². The molecule has 2 N–H and O–H groups in total. The van der Waals surface area contributed by atoms with Gasteiger partial charge in [0.1, 0.15) is 18.6 Å². The Bertz CT molecular complexity index is 407. The van der Waals surface area contributed by atoms with Gasteiger partial charge in [-0.1, -0.05) is 11.6 Å². The van der Waals surface area contributed by atoms with E-state index in [0.717, 1.165) is 11.8 Å². The lowest BCUT2D eigenvalue weighted by atomic mass is 10.1. The van der Waals surface area contributed by atoms with Crippen molar-refractivity contribution in [3.8, 4) is 5.75 Å². The zero-order valence-electron chi connectivity index (χ0n) is 9.96.